The largest absolute Gasteiger partial charge is 0.503 e. The first-order valence-electron chi connectivity index (χ1n) is 9.46. The summed E-state index contributed by atoms with van der Waals surface area (Å²) in [6.07, 6.45) is 0.477. The van der Waals surface area contributed by atoms with Gasteiger partial charge in [-0.3, -0.25) is 14.2 Å². The van der Waals surface area contributed by atoms with Crippen molar-refractivity contribution in [2.45, 2.75) is 39.7 Å². The number of benzene rings is 2. The second kappa shape index (κ2) is 8.44. The summed E-state index contributed by atoms with van der Waals surface area (Å²) < 4.78 is 30.1. The maximum atomic E-state index is 14.9. The number of rotatable bonds is 5. The molecule has 2 aromatic carbocycles. The summed E-state index contributed by atoms with van der Waals surface area (Å²) in [5.41, 5.74) is 0.621. The van der Waals surface area contributed by atoms with Gasteiger partial charge in [-0.2, -0.15) is 0 Å². The molecule has 0 radical (unpaired) electrons. The van der Waals surface area contributed by atoms with E-state index in [1.165, 1.54) is 12.1 Å². The third kappa shape index (κ3) is 3.89. The fourth-order valence-electron chi connectivity index (χ4n) is 3.37. The molecule has 0 bridgehead atoms. The standard InChI is InChI=1S/C22H21ClF2N2O3/c1-4-11(2)26-18(28)9-15-12(3)27(22(30)13-6-5-7-14(23)8-13)17-10-16(24)21(29)20(25)19(15)17/h5-8,10-11,29H,4,9H2,1-3H3,(H,26,28)/t11-/m0/s1. The van der Waals surface area contributed by atoms with E-state index in [4.69, 9.17) is 11.6 Å². The highest BCUT2D eigenvalue weighted by molar-refractivity contribution is 6.31. The SMILES string of the molecule is CC[C@H](C)NC(=O)Cc1c(C)n(C(=O)c2cccc(Cl)c2)c2cc(F)c(O)c(F)c12. The molecule has 0 aliphatic rings. The van der Waals surface area contributed by atoms with Gasteiger partial charge in [-0.05, 0) is 44.0 Å². The van der Waals surface area contributed by atoms with E-state index in [2.05, 4.69) is 5.32 Å². The Kier molecular flexibility index (Phi) is 6.12. The Morgan fingerprint density at radius 3 is 2.60 bits per heavy atom. The van der Waals surface area contributed by atoms with Gasteiger partial charge in [0.15, 0.2) is 17.4 Å². The van der Waals surface area contributed by atoms with Crippen LogP contribution in [0.3, 0.4) is 0 Å². The zero-order chi connectivity index (χ0) is 22.2. The average Bonchev–Trinajstić information content (AvgIpc) is 2.96. The van der Waals surface area contributed by atoms with Crippen molar-refractivity contribution in [3.8, 4) is 5.75 Å². The summed E-state index contributed by atoms with van der Waals surface area (Å²) in [7, 11) is 0. The molecule has 1 atom stereocenters. The van der Waals surface area contributed by atoms with Crippen molar-refractivity contribution in [2.24, 2.45) is 0 Å². The van der Waals surface area contributed by atoms with Crippen molar-refractivity contribution in [1.29, 1.82) is 0 Å². The Bertz CT molecular complexity index is 1160. The van der Waals surface area contributed by atoms with Crippen LogP contribution in [0, 0.1) is 18.6 Å². The number of halogens is 3. The molecule has 0 saturated heterocycles. The van der Waals surface area contributed by atoms with Crippen molar-refractivity contribution in [3.05, 3.63) is 63.8 Å². The molecule has 0 spiro atoms. The van der Waals surface area contributed by atoms with Crippen LogP contribution in [0.15, 0.2) is 30.3 Å². The Morgan fingerprint density at radius 1 is 1.27 bits per heavy atom. The quantitative estimate of drug-likeness (QED) is 0.609. The van der Waals surface area contributed by atoms with Crippen LogP contribution in [0.4, 0.5) is 8.78 Å². The normalized spacial score (nSPS) is 12.2. The Hall–Kier alpha value is -2.93. The minimum Gasteiger partial charge on any atom is -0.503 e. The fraction of sp³-hybridized carbons (Fsp3) is 0.273. The van der Waals surface area contributed by atoms with Gasteiger partial charge in [-0.1, -0.05) is 24.6 Å². The lowest BCUT2D eigenvalue weighted by Gasteiger charge is -2.12. The Balaban J connectivity index is 2.22. The molecular formula is C22H21ClF2N2O3. The van der Waals surface area contributed by atoms with Crippen LogP contribution in [-0.2, 0) is 11.2 Å². The van der Waals surface area contributed by atoms with E-state index in [0.29, 0.717) is 11.4 Å². The second-order valence-corrected chi connectivity index (χ2v) is 7.62. The second-order valence-electron chi connectivity index (χ2n) is 7.18. The molecule has 0 aliphatic heterocycles. The molecule has 1 amide bonds. The lowest BCUT2D eigenvalue weighted by atomic mass is 10.1. The molecule has 5 nitrogen and oxygen atoms in total. The van der Waals surface area contributed by atoms with Crippen LogP contribution < -0.4 is 5.32 Å². The summed E-state index contributed by atoms with van der Waals surface area (Å²) >= 11 is 5.97. The van der Waals surface area contributed by atoms with Crippen molar-refractivity contribution in [3.63, 3.8) is 0 Å². The summed E-state index contributed by atoms with van der Waals surface area (Å²) in [4.78, 5) is 25.6. The first-order valence-corrected chi connectivity index (χ1v) is 9.83. The number of fused-ring (bicyclic) bond motifs is 1. The van der Waals surface area contributed by atoms with Gasteiger partial charge < -0.3 is 10.4 Å². The van der Waals surface area contributed by atoms with Gasteiger partial charge in [0.25, 0.3) is 5.91 Å². The number of amides is 1. The van der Waals surface area contributed by atoms with E-state index in [1.54, 1.807) is 19.1 Å². The van der Waals surface area contributed by atoms with Gasteiger partial charge in [-0.25, -0.2) is 8.78 Å². The maximum absolute atomic E-state index is 14.9. The van der Waals surface area contributed by atoms with Crippen LogP contribution in [0.2, 0.25) is 5.02 Å². The molecule has 0 saturated carbocycles. The molecule has 0 unspecified atom stereocenters. The molecular weight excluding hydrogens is 414 g/mol. The van der Waals surface area contributed by atoms with Crippen LogP contribution in [0.1, 0.15) is 41.9 Å². The number of phenolic OH excluding ortho intramolecular Hbond substituents is 1. The lowest BCUT2D eigenvalue weighted by molar-refractivity contribution is -0.121. The number of nitrogens with zero attached hydrogens (tertiary/aromatic N) is 1. The number of aromatic nitrogens is 1. The van der Waals surface area contributed by atoms with Crippen molar-refractivity contribution >= 4 is 34.3 Å². The molecule has 0 fully saturated rings. The summed E-state index contributed by atoms with van der Waals surface area (Å²) in [6, 6.07) is 6.96. The van der Waals surface area contributed by atoms with E-state index < -0.39 is 23.3 Å². The maximum Gasteiger partial charge on any atom is 0.262 e. The van der Waals surface area contributed by atoms with Crippen LogP contribution in [0.5, 0.6) is 5.75 Å². The predicted molar refractivity (Wildman–Crippen MR) is 111 cm³/mol. The van der Waals surface area contributed by atoms with E-state index in [1.807, 2.05) is 13.8 Å². The number of aromatic hydroxyl groups is 1. The van der Waals surface area contributed by atoms with Gasteiger partial charge in [0.1, 0.15) is 0 Å². The van der Waals surface area contributed by atoms with Crippen molar-refractivity contribution in [2.75, 3.05) is 0 Å². The summed E-state index contributed by atoms with van der Waals surface area (Å²) in [5, 5.41) is 12.7. The van der Waals surface area contributed by atoms with Gasteiger partial charge in [0, 0.05) is 33.8 Å². The zero-order valence-corrected chi connectivity index (χ0v) is 17.5. The average molecular weight is 435 g/mol. The molecule has 3 rings (SSSR count). The molecule has 30 heavy (non-hydrogen) atoms. The van der Waals surface area contributed by atoms with E-state index in [-0.39, 0.29) is 46.1 Å². The number of carbonyl (C=O) groups excluding carboxylic acids is 2. The highest BCUT2D eigenvalue weighted by Crippen LogP contribution is 2.35. The first kappa shape index (κ1) is 21.8. The number of carbonyl (C=O) groups is 2. The van der Waals surface area contributed by atoms with Gasteiger partial charge in [0.2, 0.25) is 5.91 Å². The number of hydrogen-bond donors (Lipinski definition) is 2. The van der Waals surface area contributed by atoms with Crippen LogP contribution in [-0.4, -0.2) is 27.5 Å². The van der Waals surface area contributed by atoms with E-state index in [9.17, 15) is 23.5 Å². The van der Waals surface area contributed by atoms with Crippen LogP contribution >= 0.6 is 11.6 Å². The number of hydrogen-bond acceptors (Lipinski definition) is 3. The monoisotopic (exact) mass is 434 g/mol. The van der Waals surface area contributed by atoms with Crippen LogP contribution in [0.25, 0.3) is 10.9 Å². The fourth-order valence-corrected chi connectivity index (χ4v) is 3.56. The summed E-state index contributed by atoms with van der Waals surface area (Å²) in [6.45, 7) is 5.29. The number of nitrogens with one attached hydrogen (secondary N) is 1. The Morgan fingerprint density at radius 2 is 1.97 bits per heavy atom. The predicted octanol–water partition coefficient (Wildman–Crippen LogP) is 4.73. The minimum absolute atomic E-state index is 0.0726. The molecule has 158 valence electrons. The van der Waals surface area contributed by atoms with Gasteiger partial charge in [-0.15, -0.1) is 0 Å². The third-order valence-electron chi connectivity index (χ3n) is 5.12. The smallest absolute Gasteiger partial charge is 0.262 e. The molecule has 1 aromatic heterocycles. The van der Waals surface area contributed by atoms with E-state index >= 15 is 0 Å². The van der Waals surface area contributed by atoms with Gasteiger partial charge in [0.05, 0.1) is 11.9 Å². The molecule has 3 aromatic rings. The highest BCUT2D eigenvalue weighted by atomic mass is 35.5. The Labute approximate surface area is 177 Å². The van der Waals surface area contributed by atoms with Gasteiger partial charge >= 0.3 is 0 Å². The van der Waals surface area contributed by atoms with E-state index in [0.717, 1.165) is 10.6 Å². The molecule has 1 heterocycles. The molecule has 0 aliphatic carbocycles. The lowest BCUT2D eigenvalue weighted by Crippen LogP contribution is -2.33. The summed E-state index contributed by atoms with van der Waals surface area (Å²) in [5.74, 6) is -4.49. The molecule has 8 heteroatoms. The first-order chi connectivity index (χ1) is 14.1. The third-order valence-corrected chi connectivity index (χ3v) is 5.35. The number of phenols is 1. The zero-order valence-electron chi connectivity index (χ0n) is 16.7. The highest BCUT2D eigenvalue weighted by Gasteiger charge is 2.27. The van der Waals surface area contributed by atoms with Crippen molar-refractivity contribution in [1.82, 2.24) is 9.88 Å². The van der Waals surface area contributed by atoms with Crippen molar-refractivity contribution < 1.29 is 23.5 Å². The topological polar surface area (TPSA) is 71.3 Å². The molecule has 2 N–H and O–H groups in total. The minimum atomic E-state index is -1.21.